The molecule has 0 aromatic heterocycles. The summed E-state index contributed by atoms with van der Waals surface area (Å²) in [5, 5.41) is 0. The highest BCUT2D eigenvalue weighted by molar-refractivity contribution is 5.55. The quantitative estimate of drug-likeness (QED) is 0.332. The van der Waals surface area contributed by atoms with Gasteiger partial charge in [-0.2, -0.15) is 0 Å². The number of aryl methyl sites for hydroxylation is 3. The van der Waals surface area contributed by atoms with E-state index < -0.39 is 5.60 Å². The molecule has 160 valence electrons. The van der Waals surface area contributed by atoms with Gasteiger partial charge in [-0.3, -0.25) is 0 Å². The van der Waals surface area contributed by atoms with Crippen molar-refractivity contribution >= 4 is 0 Å². The fraction of sp³-hybridized carbons (Fsp3) is 0.226. The predicted octanol–water partition coefficient (Wildman–Crippen LogP) is 7.64. The Morgan fingerprint density at radius 2 is 1.19 bits per heavy atom. The van der Waals surface area contributed by atoms with Gasteiger partial charge in [0, 0.05) is 23.0 Å². The topological polar surface area (TPSA) is 9.23 Å². The zero-order valence-electron chi connectivity index (χ0n) is 19.4. The van der Waals surface area contributed by atoms with Crippen molar-refractivity contribution in [3.05, 3.63) is 136 Å². The van der Waals surface area contributed by atoms with Crippen molar-refractivity contribution in [3.63, 3.8) is 0 Å². The lowest BCUT2D eigenvalue weighted by Crippen LogP contribution is -2.46. The molecular weight excluding hydrogens is 388 g/mol. The molecular formula is C31H30O. The summed E-state index contributed by atoms with van der Waals surface area (Å²) in [6.45, 7) is 8.88. The maximum absolute atomic E-state index is 7.11. The van der Waals surface area contributed by atoms with Gasteiger partial charge in [-0.15, -0.1) is 0 Å². The summed E-state index contributed by atoms with van der Waals surface area (Å²) < 4.78 is 7.11. The minimum atomic E-state index is -0.579. The second-order valence-electron chi connectivity index (χ2n) is 9.49. The Bertz CT molecular complexity index is 1260. The Hall–Kier alpha value is -3.32. The van der Waals surface area contributed by atoms with Gasteiger partial charge in [0.05, 0.1) is 0 Å². The van der Waals surface area contributed by atoms with Crippen LogP contribution in [0, 0.1) is 20.8 Å². The summed E-state index contributed by atoms with van der Waals surface area (Å²) >= 11 is 0. The third-order valence-corrected chi connectivity index (χ3v) is 7.09. The van der Waals surface area contributed by atoms with Crippen LogP contribution < -0.4 is 4.74 Å². The molecule has 0 saturated heterocycles. The van der Waals surface area contributed by atoms with E-state index in [0.29, 0.717) is 0 Å². The Kier molecular flexibility index (Phi) is 4.93. The number of rotatable bonds is 3. The predicted molar refractivity (Wildman–Crippen MR) is 132 cm³/mol. The average Bonchev–Trinajstić information content (AvgIpc) is 2.80. The number of benzene rings is 4. The first kappa shape index (κ1) is 20.6. The zero-order chi connectivity index (χ0) is 22.3. The zero-order valence-corrected chi connectivity index (χ0v) is 19.4. The van der Waals surface area contributed by atoms with Crippen molar-refractivity contribution in [1.29, 1.82) is 0 Å². The van der Waals surface area contributed by atoms with Crippen LogP contribution in [-0.4, -0.2) is 0 Å². The second kappa shape index (κ2) is 7.67. The summed E-state index contributed by atoms with van der Waals surface area (Å²) in [5.41, 5.74) is 7.98. The van der Waals surface area contributed by atoms with Crippen molar-refractivity contribution in [2.75, 3.05) is 0 Å². The van der Waals surface area contributed by atoms with Gasteiger partial charge in [0.1, 0.15) is 5.75 Å². The van der Waals surface area contributed by atoms with E-state index in [1.807, 2.05) is 0 Å². The summed E-state index contributed by atoms with van der Waals surface area (Å²) in [6.07, 6.45) is 0.827. The molecule has 0 N–H and O–H groups in total. The van der Waals surface area contributed by atoms with Gasteiger partial charge in [-0.25, -0.2) is 0 Å². The Labute approximate surface area is 191 Å². The molecule has 4 aromatic rings. The molecule has 1 aliphatic rings. The monoisotopic (exact) mass is 418 g/mol. The number of fused-ring (bicyclic) bond motifs is 1. The maximum atomic E-state index is 7.11. The molecule has 32 heavy (non-hydrogen) atoms. The third kappa shape index (κ3) is 3.24. The molecule has 0 amide bonds. The normalized spacial score (nSPS) is 22.1. The third-order valence-electron chi connectivity index (χ3n) is 7.09. The molecule has 0 saturated carbocycles. The van der Waals surface area contributed by atoms with Crippen LogP contribution in [0.5, 0.6) is 5.75 Å². The first-order valence-electron chi connectivity index (χ1n) is 11.4. The summed E-state index contributed by atoms with van der Waals surface area (Å²) in [5.74, 6) is 0.978. The van der Waals surface area contributed by atoms with Crippen molar-refractivity contribution in [3.8, 4) is 5.75 Å². The van der Waals surface area contributed by atoms with E-state index in [1.165, 1.54) is 38.9 Å². The standard InChI is InChI=1S/C31H30O/c1-22-15-17-27(24(3)19-22)31(26-13-9-6-10-14-26)21-30(4,25-11-7-5-8-12-25)28-18-16-23(2)20-29(28)32-31/h5-20H,21H2,1-4H3. The molecule has 2 atom stereocenters. The molecule has 1 nitrogen and oxygen atoms in total. The molecule has 0 aliphatic carbocycles. The summed E-state index contributed by atoms with van der Waals surface area (Å²) in [6, 6.07) is 35.1. The summed E-state index contributed by atoms with van der Waals surface area (Å²) in [7, 11) is 0. The fourth-order valence-electron chi connectivity index (χ4n) is 5.49. The van der Waals surface area contributed by atoms with Gasteiger partial charge < -0.3 is 4.74 Å². The molecule has 5 rings (SSSR count). The van der Waals surface area contributed by atoms with Crippen molar-refractivity contribution in [2.24, 2.45) is 0 Å². The lowest BCUT2D eigenvalue weighted by Gasteiger charge is -2.49. The molecule has 0 radical (unpaired) electrons. The lowest BCUT2D eigenvalue weighted by molar-refractivity contribution is 0.0574. The van der Waals surface area contributed by atoms with Crippen LogP contribution in [0.15, 0.2) is 97.1 Å². The highest BCUT2D eigenvalue weighted by Gasteiger charge is 2.50. The second-order valence-corrected chi connectivity index (χ2v) is 9.49. The van der Waals surface area contributed by atoms with Crippen LogP contribution in [-0.2, 0) is 11.0 Å². The van der Waals surface area contributed by atoms with Crippen LogP contribution in [0.25, 0.3) is 0 Å². The van der Waals surface area contributed by atoms with E-state index in [0.717, 1.165) is 12.2 Å². The van der Waals surface area contributed by atoms with Crippen molar-refractivity contribution < 1.29 is 4.74 Å². The number of hydrogen-bond donors (Lipinski definition) is 0. The lowest BCUT2D eigenvalue weighted by atomic mass is 9.63. The Morgan fingerprint density at radius 3 is 1.81 bits per heavy atom. The molecule has 0 spiro atoms. The van der Waals surface area contributed by atoms with Crippen LogP contribution >= 0.6 is 0 Å². The van der Waals surface area contributed by atoms with Gasteiger partial charge in [-0.1, -0.05) is 103 Å². The highest BCUT2D eigenvalue weighted by atomic mass is 16.5. The van der Waals surface area contributed by atoms with Crippen molar-refractivity contribution in [2.45, 2.75) is 45.1 Å². The number of hydrogen-bond acceptors (Lipinski definition) is 1. The molecule has 0 bridgehead atoms. The largest absolute Gasteiger partial charge is 0.477 e. The molecule has 4 aromatic carbocycles. The van der Waals surface area contributed by atoms with E-state index >= 15 is 0 Å². The van der Waals surface area contributed by atoms with Gasteiger partial charge in [0.2, 0.25) is 0 Å². The van der Waals surface area contributed by atoms with Crippen LogP contribution in [0.2, 0.25) is 0 Å². The van der Waals surface area contributed by atoms with E-state index in [1.54, 1.807) is 0 Å². The average molecular weight is 419 g/mol. The number of ether oxygens (including phenoxy) is 1. The van der Waals surface area contributed by atoms with Crippen LogP contribution in [0.1, 0.15) is 52.3 Å². The Morgan fingerprint density at radius 1 is 0.625 bits per heavy atom. The molecule has 1 aliphatic heterocycles. The van der Waals surface area contributed by atoms with Gasteiger partial charge in [0.25, 0.3) is 0 Å². The first-order valence-corrected chi connectivity index (χ1v) is 11.4. The first-order chi connectivity index (χ1) is 15.4. The maximum Gasteiger partial charge on any atom is 0.160 e. The minimum absolute atomic E-state index is 0.199. The van der Waals surface area contributed by atoms with Crippen LogP contribution in [0.4, 0.5) is 0 Å². The van der Waals surface area contributed by atoms with Gasteiger partial charge >= 0.3 is 0 Å². The van der Waals surface area contributed by atoms with Gasteiger partial charge in [0.15, 0.2) is 5.60 Å². The molecule has 1 heterocycles. The van der Waals surface area contributed by atoms with Crippen molar-refractivity contribution in [1.82, 2.24) is 0 Å². The molecule has 1 heteroatoms. The Balaban J connectivity index is 1.84. The molecule has 2 unspecified atom stereocenters. The van der Waals surface area contributed by atoms with Gasteiger partial charge in [-0.05, 0) is 49.1 Å². The highest BCUT2D eigenvalue weighted by Crippen LogP contribution is 2.55. The fourth-order valence-corrected chi connectivity index (χ4v) is 5.49. The van der Waals surface area contributed by atoms with E-state index in [-0.39, 0.29) is 5.41 Å². The van der Waals surface area contributed by atoms with Crippen LogP contribution in [0.3, 0.4) is 0 Å². The SMILES string of the molecule is Cc1ccc(C2(c3ccccc3)CC(C)(c3ccccc3)c3ccc(C)cc3O2)c(C)c1. The molecule has 0 fully saturated rings. The van der Waals surface area contributed by atoms with E-state index in [9.17, 15) is 0 Å². The summed E-state index contributed by atoms with van der Waals surface area (Å²) in [4.78, 5) is 0. The van der Waals surface area contributed by atoms with E-state index in [4.69, 9.17) is 4.74 Å². The van der Waals surface area contributed by atoms with E-state index in [2.05, 4.69) is 125 Å². The smallest absolute Gasteiger partial charge is 0.160 e. The minimum Gasteiger partial charge on any atom is -0.477 e.